The Bertz CT molecular complexity index is 1130. The van der Waals surface area contributed by atoms with Crippen molar-refractivity contribution >= 4 is 23.5 Å². The van der Waals surface area contributed by atoms with E-state index in [1.165, 1.54) is 32.4 Å². The lowest BCUT2D eigenvalue weighted by molar-refractivity contribution is 0.0599. The first-order chi connectivity index (χ1) is 15.0. The van der Waals surface area contributed by atoms with E-state index in [-0.39, 0.29) is 16.8 Å². The number of hydrogen-bond donors (Lipinski definition) is 1. The first-order valence-corrected chi connectivity index (χ1v) is 9.81. The van der Waals surface area contributed by atoms with Crippen LogP contribution in [0.2, 0.25) is 0 Å². The summed E-state index contributed by atoms with van der Waals surface area (Å²) in [6.07, 6.45) is 2.56. The van der Waals surface area contributed by atoms with Crippen molar-refractivity contribution in [2.75, 3.05) is 19.5 Å². The number of benzene rings is 2. The molecule has 0 atom stereocenters. The average Bonchev–Trinajstić information content (AvgIpc) is 3.41. The molecule has 0 saturated carbocycles. The van der Waals surface area contributed by atoms with Gasteiger partial charge >= 0.3 is 11.9 Å². The Balaban J connectivity index is 1.69. The normalized spacial score (nSPS) is 12.2. The fourth-order valence-corrected chi connectivity index (χ4v) is 3.76. The number of hydrogen-bond acceptors (Lipinski definition) is 6. The van der Waals surface area contributed by atoms with E-state index in [9.17, 15) is 14.4 Å². The molecule has 0 aliphatic heterocycles. The van der Waals surface area contributed by atoms with Crippen LogP contribution in [0, 0.1) is 0 Å². The number of anilines is 1. The number of amides is 1. The van der Waals surface area contributed by atoms with Gasteiger partial charge in [-0.25, -0.2) is 14.3 Å². The van der Waals surface area contributed by atoms with Crippen molar-refractivity contribution in [2.24, 2.45) is 0 Å². The van der Waals surface area contributed by atoms with Crippen LogP contribution < -0.4 is 5.32 Å². The zero-order valence-corrected chi connectivity index (χ0v) is 17.2. The predicted octanol–water partition coefficient (Wildman–Crippen LogP) is 3.19. The van der Waals surface area contributed by atoms with Crippen LogP contribution in [-0.2, 0) is 22.3 Å². The van der Waals surface area contributed by atoms with Crippen LogP contribution in [0.4, 0.5) is 5.69 Å². The van der Waals surface area contributed by atoms with Gasteiger partial charge in [-0.2, -0.15) is 5.10 Å². The number of para-hydroxylation sites is 1. The van der Waals surface area contributed by atoms with Crippen molar-refractivity contribution in [3.63, 3.8) is 0 Å². The molecular formula is C23H21N3O5. The van der Waals surface area contributed by atoms with E-state index in [0.717, 1.165) is 36.2 Å². The molecule has 8 heteroatoms. The highest BCUT2D eigenvalue weighted by molar-refractivity contribution is 6.06. The minimum absolute atomic E-state index is 0.126. The number of ether oxygens (including phenoxy) is 2. The molecule has 1 aliphatic carbocycles. The second kappa shape index (κ2) is 8.43. The zero-order valence-electron chi connectivity index (χ0n) is 17.2. The van der Waals surface area contributed by atoms with Crippen molar-refractivity contribution in [3.8, 4) is 5.69 Å². The number of aromatic nitrogens is 2. The molecule has 158 valence electrons. The summed E-state index contributed by atoms with van der Waals surface area (Å²) in [6, 6.07) is 13.9. The maximum Gasteiger partial charge on any atom is 0.337 e. The van der Waals surface area contributed by atoms with Gasteiger partial charge in [-0.05, 0) is 49.6 Å². The SMILES string of the molecule is COC(=O)c1cc(NC(=O)c2nn(-c3ccccc3)c3c2CCC3)cc(C(=O)OC)c1. The maximum atomic E-state index is 13.1. The molecule has 4 rings (SSSR count). The molecule has 1 aliphatic rings. The summed E-state index contributed by atoms with van der Waals surface area (Å²) in [5.74, 6) is -1.67. The largest absolute Gasteiger partial charge is 0.465 e. The van der Waals surface area contributed by atoms with Gasteiger partial charge in [0.05, 0.1) is 31.0 Å². The van der Waals surface area contributed by atoms with Crippen molar-refractivity contribution in [1.82, 2.24) is 9.78 Å². The molecule has 0 saturated heterocycles. The first-order valence-electron chi connectivity index (χ1n) is 9.81. The number of carbonyl (C=O) groups is 3. The van der Waals surface area contributed by atoms with E-state index in [0.29, 0.717) is 5.69 Å². The third-order valence-electron chi connectivity index (χ3n) is 5.18. The number of fused-ring (bicyclic) bond motifs is 1. The third kappa shape index (κ3) is 3.92. The van der Waals surface area contributed by atoms with Gasteiger partial charge < -0.3 is 14.8 Å². The lowest BCUT2D eigenvalue weighted by Gasteiger charge is -2.09. The van der Waals surface area contributed by atoms with Crippen LogP contribution in [0.3, 0.4) is 0 Å². The number of nitrogens with zero attached hydrogens (tertiary/aromatic N) is 2. The van der Waals surface area contributed by atoms with Gasteiger partial charge in [-0.15, -0.1) is 0 Å². The van der Waals surface area contributed by atoms with Gasteiger partial charge in [-0.1, -0.05) is 18.2 Å². The molecule has 31 heavy (non-hydrogen) atoms. The Labute approximate surface area is 178 Å². The van der Waals surface area contributed by atoms with Gasteiger partial charge in [-0.3, -0.25) is 4.79 Å². The van der Waals surface area contributed by atoms with E-state index in [4.69, 9.17) is 9.47 Å². The van der Waals surface area contributed by atoms with Gasteiger partial charge in [0.25, 0.3) is 5.91 Å². The number of nitrogens with one attached hydrogen (secondary N) is 1. The molecule has 1 N–H and O–H groups in total. The van der Waals surface area contributed by atoms with E-state index in [1.54, 1.807) is 0 Å². The Morgan fingerprint density at radius 2 is 1.58 bits per heavy atom. The Morgan fingerprint density at radius 1 is 0.935 bits per heavy atom. The Hall–Kier alpha value is -3.94. The fourth-order valence-electron chi connectivity index (χ4n) is 3.76. The number of methoxy groups -OCH3 is 2. The van der Waals surface area contributed by atoms with Crippen LogP contribution in [0.5, 0.6) is 0 Å². The van der Waals surface area contributed by atoms with Crippen LogP contribution in [0.1, 0.15) is 48.9 Å². The standard InChI is InChI=1S/C23H21N3O5/c1-30-22(28)14-11-15(23(29)31-2)13-16(12-14)24-21(27)20-18-9-6-10-19(18)26(25-20)17-7-4-3-5-8-17/h3-5,7-8,11-13H,6,9-10H2,1-2H3,(H,24,27). The second-order valence-corrected chi connectivity index (χ2v) is 7.11. The highest BCUT2D eigenvalue weighted by Crippen LogP contribution is 2.28. The summed E-state index contributed by atoms with van der Waals surface area (Å²) < 4.78 is 11.3. The molecule has 0 unspecified atom stereocenters. The Morgan fingerprint density at radius 3 is 2.19 bits per heavy atom. The molecule has 2 aromatic carbocycles. The number of rotatable bonds is 5. The molecular weight excluding hydrogens is 398 g/mol. The quantitative estimate of drug-likeness (QED) is 0.638. The summed E-state index contributed by atoms with van der Waals surface area (Å²) >= 11 is 0. The van der Waals surface area contributed by atoms with E-state index >= 15 is 0 Å². The first kappa shape index (κ1) is 20.3. The zero-order chi connectivity index (χ0) is 22.0. The Kier molecular flexibility index (Phi) is 5.53. The van der Waals surface area contributed by atoms with E-state index < -0.39 is 17.8 Å². The molecule has 1 heterocycles. The van der Waals surface area contributed by atoms with Gasteiger partial charge in [0.2, 0.25) is 0 Å². The van der Waals surface area contributed by atoms with Gasteiger partial charge in [0, 0.05) is 16.9 Å². The topological polar surface area (TPSA) is 99.5 Å². The number of esters is 2. The van der Waals surface area contributed by atoms with Crippen molar-refractivity contribution in [1.29, 1.82) is 0 Å². The minimum Gasteiger partial charge on any atom is -0.465 e. The molecule has 0 fully saturated rings. The van der Waals surface area contributed by atoms with Crippen LogP contribution in [0.25, 0.3) is 5.69 Å². The summed E-state index contributed by atoms with van der Waals surface area (Å²) in [5.41, 5.74) is 3.68. The van der Waals surface area contributed by atoms with Crippen molar-refractivity contribution in [3.05, 3.63) is 76.6 Å². The average molecular weight is 419 g/mol. The van der Waals surface area contributed by atoms with Crippen molar-refractivity contribution < 1.29 is 23.9 Å². The molecule has 3 aromatic rings. The maximum absolute atomic E-state index is 13.1. The van der Waals surface area contributed by atoms with Crippen LogP contribution in [-0.4, -0.2) is 41.8 Å². The summed E-state index contributed by atoms with van der Waals surface area (Å²) in [5, 5.41) is 7.33. The highest BCUT2D eigenvalue weighted by atomic mass is 16.5. The lowest BCUT2D eigenvalue weighted by atomic mass is 10.1. The summed E-state index contributed by atoms with van der Waals surface area (Å²) in [4.78, 5) is 37.1. The van der Waals surface area contributed by atoms with Crippen LogP contribution >= 0.6 is 0 Å². The second-order valence-electron chi connectivity index (χ2n) is 7.11. The molecule has 0 bridgehead atoms. The number of carbonyl (C=O) groups excluding carboxylic acids is 3. The van der Waals surface area contributed by atoms with Crippen LogP contribution in [0.15, 0.2) is 48.5 Å². The van der Waals surface area contributed by atoms with Crippen molar-refractivity contribution in [2.45, 2.75) is 19.3 Å². The highest BCUT2D eigenvalue weighted by Gasteiger charge is 2.27. The summed E-state index contributed by atoms with van der Waals surface area (Å²) in [7, 11) is 2.48. The molecule has 0 spiro atoms. The van der Waals surface area contributed by atoms with E-state index in [2.05, 4.69) is 10.4 Å². The minimum atomic E-state index is -0.629. The van der Waals surface area contributed by atoms with Gasteiger partial charge in [0.1, 0.15) is 0 Å². The molecule has 8 nitrogen and oxygen atoms in total. The predicted molar refractivity (Wildman–Crippen MR) is 113 cm³/mol. The van der Waals surface area contributed by atoms with Gasteiger partial charge in [0.15, 0.2) is 5.69 Å². The molecule has 1 amide bonds. The monoisotopic (exact) mass is 419 g/mol. The summed E-state index contributed by atoms with van der Waals surface area (Å²) in [6.45, 7) is 0. The van der Waals surface area contributed by atoms with E-state index in [1.807, 2.05) is 35.0 Å². The fraction of sp³-hybridized carbons (Fsp3) is 0.217. The smallest absolute Gasteiger partial charge is 0.337 e. The molecule has 0 radical (unpaired) electrons. The molecule has 1 aromatic heterocycles. The third-order valence-corrected chi connectivity index (χ3v) is 5.18. The lowest BCUT2D eigenvalue weighted by Crippen LogP contribution is -2.16.